The van der Waals surface area contributed by atoms with Crippen LogP contribution in [0.25, 0.3) is 10.9 Å². The monoisotopic (exact) mass is 315 g/mol. The molecule has 3 heteroatoms. The number of likely N-dealkylation sites (N-methyl/N-ethyl adjacent to an activating group) is 1. The Morgan fingerprint density at radius 2 is 1.96 bits per heavy atom. The first-order valence-electron chi connectivity index (χ1n) is 8.41. The van der Waals surface area contributed by atoms with E-state index in [1.54, 1.807) is 12.4 Å². The predicted octanol–water partition coefficient (Wildman–Crippen LogP) is 3.75. The highest BCUT2D eigenvalue weighted by molar-refractivity contribution is 5.87. The van der Waals surface area contributed by atoms with Gasteiger partial charge < -0.3 is 0 Å². The number of fused-ring (bicyclic) bond motifs is 3. The summed E-state index contributed by atoms with van der Waals surface area (Å²) in [5.41, 5.74) is 6.31. The third kappa shape index (κ3) is 2.40. The van der Waals surface area contributed by atoms with Crippen LogP contribution >= 0.6 is 0 Å². The van der Waals surface area contributed by atoms with Gasteiger partial charge in [0.2, 0.25) is 0 Å². The van der Waals surface area contributed by atoms with E-state index in [0.29, 0.717) is 6.04 Å². The number of aryl methyl sites for hydroxylation is 1. The SMILES string of the molecule is Cc1ccc2c(c1)c1c(n2C#Cc2ccncc2)C(C)N(C)CC1. The second-order valence-electron chi connectivity index (χ2n) is 6.60. The molecule has 1 aliphatic heterocycles. The normalized spacial score (nSPS) is 17.4. The Hall–Kier alpha value is -2.57. The molecule has 0 bridgehead atoms. The zero-order valence-corrected chi connectivity index (χ0v) is 14.4. The van der Waals surface area contributed by atoms with E-state index in [-0.39, 0.29) is 0 Å². The van der Waals surface area contributed by atoms with Crippen LogP contribution in [0.2, 0.25) is 0 Å². The summed E-state index contributed by atoms with van der Waals surface area (Å²) in [5.74, 6) is 3.29. The average molecular weight is 315 g/mol. The Morgan fingerprint density at radius 1 is 1.17 bits per heavy atom. The van der Waals surface area contributed by atoms with Gasteiger partial charge in [0, 0.05) is 42.0 Å². The first-order chi connectivity index (χ1) is 11.6. The zero-order valence-electron chi connectivity index (χ0n) is 14.4. The van der Waals surface area contributed by atoms with Gasteiger partial charge in [-0.25, -0.2) is 0 Å². The Bertz CT molecular complexity index is 957. The Labute approximate surface area is 142 Å². The van der Waals surface area contributed by atoms with E-state index in [4.69, 9.17) is 0 Å². The van der Waals surface area contributed by atoms with E-state index in [1.165, 1.54) is 27.7 Å². The second kappa shape index (κ2) is 5.81. The maximum Gasteiger partial charge on any atom is 0.0618 e. The van der Waals surface area contributed by atoms with Crippen molar-refractivity contribution in [3.05, 3.63) is 65.1 Å². The quantitative estimate of drug-likeness (QED) is 0.589. The summed E-state index contributed by atoms with van der Waals surface area (Å²) < 4.78 is 2.20. The molecule has 24 heavy (non-hydrogen) atoms. The van der Waals surface area contributed by atoms with Crippen LogP contribution in [0.3, 0.4) is 0 Å². The molecule has 0 saturated carbocycles. The summed E-state index contributed by atoms with van der Waals surface area (Å²) in [4.78, 5) is 6.46. The van der Waals surface area contributed by atoms with E-state index in [0.717, 1.165) is 18.5 Å². The fourth-order valence-corrected chi connectivity index (χ4v) is 3.56. The minimum atomic E-state index is 0.369. The lowest BCUT2D eigenvalue weighted by Crippen LogP contribution is -2.31. The largest absolute Gasteiger partial charge is 0.298 e. The van der Waals surface area contributed by atoms with Gasteiger partial charge in [0.1, 0.15) is 0 Å². The average Bonchev–Trinajstić information content (AvgIpc) is 2.91. The predicted molar refractivity (Wildman–Crippen MR) is 97.9 cm³/mol. The van der Waals surface area contributed by atoms with Crippen molar-refractivity contribution in [3.63, 3.8) is 0 Å². The minimum Gasteiger partial charge on any atom is -0.298 e. The van der Waals surface area contributed by atoms with E-state index in [1.807, 2.05) is 12.1 Å². The van der Waals surface area contributed by atoms with E-state index in [9.17, 15) is 0 Å². The molecule has 1 unspecified atom stereocenters. The van der Waals surface area contributed by atoms with E-state index < -0.39 is 0 Å². The fourth-order valence-electron chi connectivity index (χ4n) is 3.56. The third-order valence-corrected chi connectivity index (χ3v) is 5.03. The number of benzene rings is 1. The van der Waals surface area contributed by atoms with Crippen LogP contribution in [0, 0.1) is 18.9 Å². The topological polar surface area (TPSA) is 21.1 Å². The van der Waals surface area contributed by atoms with Crippen LogP contribution in [0.4, 0.5) is 0 Å². The molecule has 0 fully saturated rings. The van der Waals surface area contributed by atoms with Gasteiger partial charge in [0.05, 0.1) is 11.2 Å². The number of aromatic nitrogens is 2. The summed E-state index contributed by atoms with van der Waals surface area (Å²) in [6, 6.07) is 14.3. The van der Waals surface area contributed by atoms with Crippen LogP contribution in [0.15, 0.2) is 42.7 Å². The molecule has 0 amide bonds. The molecule has 0 saturated heterocycles. The molecule has 1 atom stereocenters. The molecule has 4 rings (SSSR count). The van der Waals surface area contributed by atoms with Crippen LogP contribution in [0.5, 0.6) is 0 Å². The Kier molecular flexibility index (Phi) is 3.63. The van der Waals surface area contributed by atoms with E-state index in [2.05, 4.69) is 65.5 Å². The first-order valence-corrected chi connectivity index (χ1v) is 8.41. The van der Waals surface area contributed by atoms with Crippen LogP contribution in [-0.2, 0) is 6.42 Å². The summed E-state index contributed by atoms with van der Waals surface area (Å²) in [6.45, 7) is 5.53. The smallest absolute Gasteiger partial charge is 0.0618 e. The van der Waals surface area contributed by atoms with Crippen molar-refractivity contribution in [1.29, 1.82) is 0 Å². The molecule has 0 aliphatic carbocycles. The van der Waals surface area contributed by atoms with Crippen molar-refractivity contribution >= 4 is 10.9 Å². The van der Waals surface area contributed by atoms with Crippen LogP contribution in [-0.4, -0.2) is 28.0 Å². The van der Waals surface area contributed by atoms with Crippen molar-refractivity contribution in [3.8, 4) is 12.0 Å². The number of nitrogens with zero attached hydrogens (tertiary/aromatic N) is 3. The second-order valence-corrected chi connectivity index (χ2v) is 6.60. The number of rotatable bonds is 0. The highest BCUT2D eigenvalue weighted by Gasteiger charge is 2.27. The van der Waals surface area contributed by atoms with Crippen LogP contribution in [0.1, 0.15) is 35.3 Å². The Morgan fingerprint density at radius 3 is 2.75 bits per heavy atom. The summed E-state index contributed by atoms with van der Waals surface area (Å²) >= 11 is 0. The first kappa shape index (κ1) is 15.0. The van der Waals surface area contributed by atoms with Gasteiger partial charge in [0.15, 0.2) is 0 Å². The fraction of sp³-hybridized carbons (Fsp3) is 0.286. The van der Waals surface area contributed by atoms with Crippen molar-refractivity contribution in [1.82, 2.24) is 14.5 Å². The molecule has 1 aromatic carbocycles. The van der Waals surface area contributed by atoms with Crippen LogP contribution < -0.4 is 0 Å². The van der Waals surface area contributed by atoms with Gasteiger partial charge >= 0.3 is 0 Å². The van der Waals surface area contributed by atoms with E-state index >= 15 is 0 Å². The van der Waals surface area contributed by atoms with Crippen molar-refractivity contribution in [2.45, 2.75) is 26.3 Å². The lowest BCUT2D eigenvalue weighted by atomic mass is 9.98. The van der Waals surface area contributed by atoms with Crippen molar-refractivity contribution in [2.24, 2.45) is 0 Å². The van der Waals surface area contributed by atoms with Gasteiger partial charge in [-0.15, -0.1) is 0 Å². The number of hydrogen-bond donors (Lipinski definition) is 0. The minimum absolute atomic E-state index is 0.369. The highest BCUT2D eigenvalue weighted by atomic mass is 15.2. The summed E-state index contributed by atoms with van der Waals surface area (Å²) in [5, 5.41) is 1.36. The lowest BCUT2D eigenvalue weighted by molar-refractivity contribution is 0.242. The molecule has 120 valence electrons. The van der Waals surface area contributed by atoms with Crippen molar-refractivity contribution < 1.29 is 0 Å². The van der Waals surface area contributed by atoms with Gasteiger partial charge in [-0.1, -0.05) is 11.6 Å². The van der Waals surface area contributed by atoms with Gasteiger partial charge in [-0.3, -0.25) is 14.5 Å². The van der Waals surface area contributed by atoms with Gasteiger partial charge in [-0.05, 0) is 63.1 Å². The highest BCUT2D eigenvalue weighted by Crippen LogP contribution is 2.36. The standard InChI is InChI=1S/C21H21N3/c1-15-4-5-20-19(14-15)18-9-12-23(3)16(2)21(18)24(20)13-8-17-6-10-22-11-7-17/h4-7,10-11,14,16H,9,12H2,1-3H3. The molecular weight excluding hydrogens is 294 g/mol. The number of pyridine rings is 1. The molecule has 0 N–H and O–H groups in total. The third-order valence-electron chi connectivity index (χ3n) is 5.03. The molecule has 0 radical (unpaired) electrons. The maximum atomic E-state index is 4.06. The molecule has 0 spiro atoms. The molecule has 2 aromatic heterocycles. The molecular formula is C21H21N3. The van der Waals surface area contributed by atoms with Gasteiger partial charge in [-0.2, -0.15) is 0 Å². The Balaban J connectivity index is 1.96. The maximum absolute atomic E-state index is 4.06. The number of hydrogen-bond acceptors (Lipinski definition) is 2. The molecule has 3 heterocycles. The molecule has 1 aliphatic rings. The van der Waals surface area contributed by atoms with Gasteiger partial charge in [0.25, 0.3) is 0 Å². The molecule has 3 nitrogen and oxygen atoms in total. The summed E-state index contributed by atoms with van der Waals surface area (Å²) in [7, 11) is 2.19. The zero-order chi connectivity index (χ0) is 16.7. The van der Waals surface area contributed by atoms with Crippen molar-refractivity contribution in [2.75, 3.05) is 13.6 Å². The summed E-state index contributed by atoms with van der Waals surface area (Å²) in [6.07, 6.45) is 4.65. The lowest BCUT2D eigenvalue weighted by Gasteiger charge is -2.30. The molecule has 3 aromatic rings.